The fourth-order valence-corrected chi connectivity index (χ4v) is 6.83. The third kappa shape index (κ3) is 5.94. The van der Waals surface area contributed by atoms with Gasteiger partial charge < -0.3 is 9.30 Å². The van der Waals surface area contributed by atoms with Gasteiger partial charge in [-0.05, 0) is 92.1 Å². The zero-order valence-corrected chi connectivity index (χ0v) is 30.0. The van der Waals surface area contributed by atoms with Gasteiger partial charge in [-0.25, -0.2) is 4.98 Å². The standard InChI is InChI=1S/C41H38N4O.Pt/c1-7-12-37-41(40-28(5)21-27(4)22-29(40)6)35(8-2)43-45(37)30-13-11-14-31(24-30)46-32-17-18-34-33-15-9-10-16-36(33)44(38(34)25-32)39-23-26(3)19-20-42-39;/h9-11,13-23H,7-8,12H2,1-6H3;/q-2;+2. The van der Waals surface area contributed by atoms with E-state index in [1.54, 1.807) is 0 Å². The van der Waals surface area contributed by atoms with Crippen molar-refractivity contribution in [1.82, 2.24) is 19.3 Å². The number of aryl methyl sites for hydroxylation is 5. The van der Waals surface area contributed by atoms with Crippen LogP contribution in [0.5, 0.6) is 11.5 Å². The number of hydrogen-bond donors (Lipinski definition) is 0. The molecule has 6 heteroatoms. The van der Waals surface area contributed by atoms with Crippen molar-refractivity contribution in [2.24, 2.45) is 0 Å². The Hall–Kier alpha value is -4.47. The fraction of sp³-hybridized carbons (Fsp3) is 0.220. The second-order valence-electron chi connectivity index (χ2n) is 12.2. The van der Waals surface area contributed by atoms with E-state index in [1.807, 2.05) is 30.5 Å². The molecule has 0 spiro atoms. The minimum absolute atomic E-state index is 0. The van der Waals surface area contributed by atoms with E-state index in [-0.39, 0.29) is 21.1 Å². The van der Waals surface area contributed by atoms with E-state index in [4.69, 9.17) is 14.8 Å². The Morgan fingerprint density at radius 3 is 2.26 bits per heavy atom. The average Bonchev–Trinajstić information content (AvgIpc) is 3.56. The van der Waals surface area contributed by atoms with Gasteiger partial charge in [0.1, 0.15) is 5.82 Å². The smallest absolute Gasteiger partial charge is 0.509 e. The monoisotopic (exact) mass is 797 g/mol. The first-order valence-corrected chi connectivity index (χ1v) is 16.1. The Labute approximate surface area is 291 Å². The predicted molar refractivity (Wildman–Crippen MR) is 188 cm³/mol. The normalized spacial score (nSPS) is 11.3. The molecule has 0 unspecified atom stereocenters. The molecule has 0 N–H and O–H groups in total. The molecule has 0 saturated carbocycles. The maximum absolute atomic E-state index is 6.47. The van der Waals surface area contributed by atoms with Crippen molar-refractivity contribution >= 4 is 21.8 Å². The molecule has 7 rings (SSSR count). The van der Waals surface area contributed by atoms with E-state index < -0.39 is 0 Å². The van der Waals surface area contributed by atoms with E-state index in [0.29, 0.717) is 11.5 Å². The molecule has 0 aliphatic rings. The Kier molecular flexibility index (Phi) is 9.21. The van der Waals surface area contributed by atoms with Crippen LogP contribution in [0.25, 0.3) is 44.4 Å². The number of ether oxygens (including phenoxy) is 1. The molecule has 5 nitrogen and oxygen atoms in total. The number of rotatable bonds is 8. The first-order valence-electron chi connectivity index (χ1n) is 16.1. The quantitative estimate of drug-likeness (QED) is 0.144. The molecule has 4 aromatic carbocycles. The topological polar surface area (TPSA) is 44.9 Å². The van der Waals surface area contributed by atoms with E-state index in [9.17, 15) is 0 Å². The second kappa shape index (κ2) is 13.3. The van der Waals surface area contributed by atoms with Crippen LogP contribution >= 0.6 is 0 Å². The van der Waals surface area contributed by atoms with E-state index in [0.717, 1.165) is 63.8 Å². The van der Waals surface area contributed by atoms with Gasteiger partial charge in [-0.1, -0.05) is 61.7 Å². The molecule has 7 aromatic rings. The molecule has 0 amide bonds. The molecule has 47 heavy (non-hydrogen) atoms. The summed E-state index contributed by atoms with van der Waals surface area (Å²) < 4.78 is 10.7. The summed E-state index contributed by atoms with van der Waals surface area (Å²) in [7, 11) is 0. The SMILES string of the molecule is CCCc1c(-c2c(C)cc(C)cc2C)c(CC)nn1-c1[c-]c(Oc2[c-]c3c(cc2)c2ccccc2n3-c2cc(C)ccn2)ccc1.[Pt+2]. The first kappa shape index (κ1) is 32.5. The molecular weight excluding hydrogens is 760 g/mol. The van der Waals surface area contributed by atoms with Gasteiger partial charge in [0.2, 0.25) is 0 Å². The Morgan fingerprint density at radius 1 is 0.745 bits per heavy atom. The molecule has 0 aliphatic heterocycles. The van der Waals surface area contributed by atoms with Crippen molar-refractivity contribution in [2.45, 2.75) is 60.8 Å². The third-order valence-electron chi connectivity index (χ3n) is 8.69. The van der Waals surface area contributed by atoms with Gasteiger partial charge in [0, 0.05) is 34.5 Å². The van der Waals surface area contributed by atoms with Crippen LogP contribution < -0.4 is 4.74 Å². The molecule has 3 heterocycles. The molecular formula is C41H38N4OPt. The zero-order chi connectivity index (χ0) is 31.9. The maximum Gasteiger partial charge on any atom is 2.00 e. The largest absolute Gasteiger partial charge is 2.00 e. The second-order valence-corrected chi connectivity index (χ2v) is 12.2. The van der Waals surface area contributed by atoms with E-state index in [2.05, 4.69) is 118 Å². The number of nitrogens with zero attached hydrogens (tertiary/aromatic N) is 4. The van der Waals surface area contributed by atoms with E-state index in [1.165, 1.54) is 33.5 Å². The number of benzene rings is 4. The van der Waals surface area contributed by atoms with Crippen LogP contribution in [0.15, 0.2) is 85.1 Å². The van der Waals surface area contributed by atoms with Gasteiger partial charge in [-0.3, -0.25) is 4.68 Å². The number of fused-ring (bicyclic) bond motifs is 3. The summed E-state index contributed by atoms with van der Waals surface area (Å²) in [6.45, 7) is 13.1. The molecule has 0 bridgehead atoms. The van der Waals surface area contributed by atoms with Crippen molar-refractivity contribution in [3.05, 3.63) is 131 Å². The van der Waals surface area contributed by atoms with Crippen molar-refractivity contribution in [2.75, 3.05) is 0 Å². The van der Waals surface area contributed by atoms with Gasteiger partial charge in [-0.2, -0.15) is 17.2 Å². The summed E-state index contributed by atoms with van der Waals surface area (Å²) in [6.07, 6.45) is 4.63. The summed E-state index contributed by atoms with van der Waals surface area (Å²) >= 11 is 0. The summed E-state index contributed by atoms with van der Waals surface area (Å²) in [5.41, 5.74) is 12.8. The average molecular weight is 798 g/mol. The molecule has 0 atom stereocenters. The van der Waals surface area contributed by atoms with Crippen molar-refractivity contribution in [1.29, 1.82) is 0 Å². The van der Waals surface area contributed by atoms with Crippen LogP contribution in [0.3, 0.4) is 0 Å². The fourth-order valence-electron chi connectivity index (χ4n) is 6.83. The van der Waals surface area contributed by atoms with Crippen LogP contribution in [0.1, 0.15) is 53.9 Å². The number of pyridine rings is 1. The molecule has 3 aromatic heterocycles. The summed E-state index contributed by atoms with van der Waals surface area (Å²) in [5.74, 6) is 2.09. The molecule has 0 fully saturated rings. The van der Waals surface area contributed by atoms with Gasteiger partial charge in [0.05, 0.1) is 5.69 Å². The summed E-state index contributed by atoms with van der Waals surface area (Å²) in [6, 6.07) is 34.3. The van der Waals surface area contributed by atoms with Gasteiger partial charge in [0.15, 0.2) is 0 Å². The Morgan fingerprint density at radius 2 is 1.51 bits per heavy atom. The van der Waals surface area contributed by atoms with Gasteiger partial charge in [0.25, 0.3) is 0 Å². The van der Waals surface area contributed by atoms with Crippen LogP contribution in [-0.2, 0) is 33.9 Å². The Bertz CT molecular complexity index is 2220. The van der Waals surface area contributed by atoms with Crippen LogP contribution in [0.4, 0.5) is 0 Å². The van der Waals surface area contributed by atoms with Crippen LogP contribution in [0.2, 0.25) is 0 Å². The first-order chi connectivity index (χ1) is 22.4. The number of hydrogen-bond acceptors (Lipinski definition) is 3. The molecule has 0 radical (unpaired) electrons. The Balaban J connectivity index is 0.00000386. The van der Waals surface area contributed by atoms with Crippen molar-refractivity contribution in [3.8, 4) is 34.1 Å². The van der Waals surface area contributed by atoms with Crippen LogP contribution in [0, 0.1) is 39.8 Å². The molecule has 0 saturated heterocycles. The van der Waals surface area contributed by atoms with Gasteiger partial charge >= 0.3 is 21.1 Å². The van der Waals surface area contributed by atoms with Crippen molar-refractivity contribution < 1.29 is 25.8 Å². The molecule has 238 valence electrons. The number of aromatic nitrogens is 4. The molecule has 0 aliphatic carbocycles. The van der Waals surface area contributed by atoms with Crippen LogP contribution in [-0.4, -0.2) is 19.3 Å². The summed E-state index contributed by atoms with van der Waals surface area (Å²) in [4.78, 5) is 4.70. The minimum Gasteiger partial charge on any atom is -0.509 e. The summed E-state index contributed by atoms with van der Waals surface area (Å²) in [5, 5.41) is 7.43. The van der Waals surface area contributed by atoms with Gasteiger partial charge in [-0.15, -0.1) is 35.7 Å². The number of para-hydroxylation sites is 1. The maximum atomic E-state index is 6.47. The minimum atomic E-state index is 0. The van der Waals surface area contributed by atoms with Crippen molar-refractivity contribution in [3.63, 3.8) is 0 Å². The zero-order valence-electron chi connectivity index (χ0n) is 27.7. The predicted octanol–water partition coefficient (Wildman–Crippen LogP) is 10.2. The third-order valence-corrected chi connectivity index (χ3v) is 8.69. The van der Waals surface area contributed by atoms with E-state index >= 15 is 0 Å².